The van der Waals surface area contributed by atoms with Gasteiger partial charge in [-0.05, 0) is 50.7 Å². The van der Waals surface area contributed by atoms with E-state index in [1.807, 2.05) is 61.5 Å². The highest BCUT2D eigenvalue weighted by molar-refractivity contribution is 5.57. The molecule has 1 aliphatic heterocycles. The van der Waals surface area contributed by atoms with Crippen LogP contribution in [-0.2, 0) is 6.54 Å². The summed E-state index contributed by atoms with van der Waals surface area (Å²) in [5.74, 6) is 3.01. The molecule has 1 atom stereocenters. The topological polar surface area (TPSA) is 62.0 Å². The summed E-state index contributed by atoms with van der Waals surface area (Å²) in [6, 6.07) is 17.9. The zero-order valence-corrected chi connectivity index (χ0v) is 17.6. The second-order valence-electron chi connectivity index (χ2n) is 7.85. The first-order chi connectivity index (χ1) is 14.6. The third kappa shape index (κ3) is 4.90. The molecule has 4 rings (SSSR count). The minimum Gasteiger partial charge on any atom is -0.457 e. The Bertz CT molecular complexity index is 957. The van der Waals surface area contributed by atoms with Crippen molar-refractivity contribution in [1.29, 1.82) is 0 Å². The quantitative estimate of drug-likeness (QED) is 0.640. The van der Waals surface area contributed by atoms with Crippen molar-refractivity contribution in [3.05, 3.63) is 66.1 Å². The van der Waals surface area contributed by atoms with Crippen molar-refractivity contribution in [3.63, 3.8) is 0 Å². The van der Waals surface area contributed by atoms with Gasteiger partial charge in [0.15, 0.2) is 0 Å². The number of oxazole rings is 1. The zero-order chi connectivity index (χ0) is 20.9. The SMILES string of the molecule is Cc1oc(-c2cccc(Oc3ccccc3)c2)nc1CN1CCN(C)[C@H](CCO)C1. The van der Waals surface area contributed by atoms with E-state index in [0.29, 0.717) is 11.9 Å². The molecule has 1 aliphatic rings. The van der Waals surface area contributed by atoms with Gasteiger partial charge in [0.1, 0.15) is 17.3 Å². The second kappa shape index (κ2) is 9.43. The van der Waals surface area contributed by atoms with Gasteiger partial charge in [-0.3, -0.25) is 4.90 Å². The maximum absolute atomic E-state index is 9.32. The number of nitrogens with zero attached hydrogens (tertiary/aromatic N) is 3. The number of aromatic nitrogens is 1. The summed E-state index contributed by atoms with van der Waals surface area (Å²) in [7, 11) is 2.13. The number of benzene rings is 2. The summed E-state index contributed by atoms with van der Waals surface area (Å²) in [6.45, 7) is 5.85. The Morgan fingerprint density at radius 2 is 1.90 bits per heavy atom. The van der Waals surface area contributed by atoms with Gasteiger partial charge in [-0.25, -0.2) is 4.98 Å². The molecule has 0 bridgehead atoms. The van der Waals surface area contributed by atoms with Gasteiger partial charge in [0.25, 0.3) is 0 Å². The van der Waals surface area contributed by atoms with Crippen LogP contribution in [0.5, 0.6) is 11.5 Å². The normalized spacial score (nSPS) is 17.9. The highest BCUT2D eigenvalue weighted by atomic mass is 16.5. The molecule has 1 fully saturated rings. The van der Waals surface area contributed by atoms with Crippen LogP contribution in [0, 0.1) is 6.92 Å². The van der Waals surface area contributed by atoms with Crippen LogP contribution in [0.4, 0.5) is 0 Å². The first-order valence-corrected chi connectivity index (χ1v) is 10.5. The van der Waals surface area contributed by atoms with E-state index in [1.54, 1.807) is 0 Å². The molecule has 2 aromatic carbocycles. The minimum atomic E-state index is 0.220. The van der Waals surface area contributed by atoms with Crippen molar-refractivity contribution in [2.24, 2.45) is 0 Å². The Hall–Kier alpha value is -2.67. The molecule has 1 N–H and O–H groups in total. The molecular weight excluding hydrogens is 378 g/mol. The van der Waals surface area contributed by atoms with Gasteiger partial charge in [-0.2, -0.15) is 0 Å². The van der Waals surface area contributed by atoms with Crippen LogP contribution < -0.4 is 4.74 Å². The van der Waals surface area contributed by atoms with E-state index < -0.39 is 0 Å². The first-order valence-electron chi connectivity index (χ1n) is 10.5. The Kier molecular flexibility index (Phi) is 6.47. The first kappa shape index (κ1) is 20.6. The van der Waals surface area contributed by atoms with Gasteiger partial charge >= 0.3 is 0 Å². The number of aliphatic hydroxyl groups is 1. The standard InChI is InChI=1S/C24H29N3O3/c1-18-23(17-27-13-12-26(2)20(16-27)11-14-28)25-24(29-18)19-7-6-10-22(15-19)30-21-8-4-3-5-9-21/h3-10,15,20,28H,11-14,16-17H2,1-2H3/t20-/m1/s1. The summed E-state index contributed by atoms with van der Waals surface area (Å²) in [6.07, 6.45) is 0.796. The Morgan fingerprint density at radius 3 is 2.70 bits per heavy atom. The predicted molar refractivity (Wildman–Crippen MR) is 117 cm³/mol. The molecule has 158 valence electrons. The van der Waals surface area contributed by atoms with Gasteiger partial charge in [0, 0.05) is 44.4 Å². The molecule has 2 heterocycles. The van der Waals surface area contributed by atoms with E-state index >= 15 is 0 Å². The molecule has 0 unspecified atom stereocenters. The molecule has 6 nitrogen and oxygen atoms in total. The van der Waals surface area contributed by atoms with Crippen molar-refractivity contribution in [3.8, 4) is 23.0 Å². The Labute approximate surface area is 177 Å². The fourth-order valence-electron chi connectivity index (χ4n) is 3.84. The largest absolute Gasteiger partial charge is 0.457 e. The number of aliphatic hydroxyl groups excluding tert-OH is 1. The van der Waals surface area contributed by atoms with Crippen molar-refractivity contribution in [2.45, 2.75) is 25.9 Å². The highest BCUT2D eigenvalue weighted by Crippen LogP contribution is 2.28. The number of ether oxygens (including phenoxy) is 1. The van der Waals surface area contributed by atoms with Crippen LogP contribution >= 0.6 is 0 Å². The lowest BCUT2D eigenvalue weighted by molar-refractivity contribution is 0.0734. The molecule has 0 amide bonds. The molecule has 0 aliphatic carbocycles. The fraction of sp³-hybridized carbons (Fsp3) is 0.375. The van der Waals surface area contributed by atoms with Gasteiger partial charge in [0.05, 0.1) is 5.69 Å². The minimum absolute atomic E-state index is 0.220. The van der Waals surface area contributed by atoms with E-state index in [1.165, 1.54) is 0 Å². The van der Waals surface area contributed by atoms with E-state index in [9.17, 15) is 5.11 Å². The van der Waals surface area contributed by atoms with E-state index in [0.717, 1.165) is 61.1 Å². The van der Waals surface area contributed by atoms with Crippen LogP contribution in [-0.4, -0.2) is 59.2 Å². The van der Waals surface area contributed by atoms with Crippen LogP contribution in [0.3, 0.4) is 0 Å². The summed E-state index contributed by atoms with van der Waals surface area (Å²) in [4.78, 5) is 9.50. The summed E-state index contributed by atoms with van der Waals surface area (Å²) < 4.78 is 11.9. The van der Waals surface area contributed by atoms with Gasteiger partial charge in [-0.1, -0.05) is 24.3 Å². The smallest absolute Gasteiger partial charge is 0.226 e. The lowest BCUT2D eigenvalue weighted by Gasteiger charge is -2.39. The molecule has 3 aromatic rings. The van der Waals surface area contributed by atoms with Crippen LogP contribution in [0.25, 0.3) is 11.5 Å². The molecule has 0 spiro atoms. The third-order valence-electron chi connectivity index (χ3n) is 5.65. The predicted octanol–water partition coefficient (Wildman–Crippen LogP) is 3.94. The van der Waals surface area contributed by atoms with Crippen molar-refractivity contribution in [2.75, 3.05) is 33.3 Å². The number of hydrogen-bond acceptors (Lipinski definition) is 6. The van der Waals surface area contributed by atoms with E-state index in [4.69, 9.17) is 14.1 Å². The number of hydrogen-bond donors (Lipinski definition) is 1. The molecular formula is C24H29N3O3. The van der Waals surface area contributed by atoms with Gasteiger partial charge in [0.2, 0.25) is 5.89 Å². The molecule has 6 heteroatoms. The number of rotatable bonds is 7. The monoisotopic (exact) mass is 407 g/mol. The highest BCUT2D eigenvalue weighted by Gasteiger charge is 2.25. The third-order valence-corrected chi connectivity index (χ3v) is 5.65. The average Bonchev–Trinajstić information content (AvgIpc) is 3.12. The van der Waals surface area contributed by atoms with Crippen LogP contribution in [0.1, 0.15) is 17.9 Å². The second-order valence-corrected chi connectivity index (χ2v) is 7.85. The molecule has 1 aromatic heterocycles. The summed E-state index contributed by atoms with van der Waals surface area (Å²) in [5, 5.41) is 9.32. The van der Waals surface area contributed by atoms with Crippen molar-refractivity contribution < 1.29 is 14.3 Å². The molecule has 0 radical (unpaired) electrons. The van der Waals surface area contributed by atoms with Gasteiger partial charge < -0.3 is 19.2 Å². The number of likely N-dealkylation sites (N-methyl/N-ethyl adjacent to an activating group) is 1. The summed E-state index contributed by atoms with van der Waals surface area (Å²) in [5.41, 5.74) is 1.86. The van der Waals surface area contributed by atoms with Gasteiger partial charge in [-0.15, -0.1) is 0 Å². The molecule has 30 heavy (non-hydrogen) atoms. The molecule has 0 saturated carbocycles. The zero-order valence-electron chi connectivity index (χ0n) is 17.6. The molecule has 1 saturated heterocycles. The number of piperazine rings is 1. The summed E-state index contributed by atoms with van der Waals surface area (Å²) >= 11 is 0. The van der Waals surface area contributed by atoms with Crippen LogP contribution in [0.15, 0.2) is 59.0 Å². The van der Waals surface area contributed by atoms with E-state index in [-0.39, 0.29) is 6.61 Å². The Morgan fingerprint density at radius 1 is 1.10 bits per heavy atom. The lowest BCUT2D eigenvalue weighted by atomic mass is 10.1. The van der Waals surface area contributed by atoms with Crippen molar-refractivity contribution >= 4 is 0 Å². The maximum Gasteiger partial charge on any atom is 0.226 e. The number of para-hydroxylation sites is 1. The van der Waals surface area contributed by atoms with E-state index in [2.05, 4.69) is 16.8 Å². The fourth-order valence-corrected chi connectivity index (χ4v) is 3.84. The number of aryl methyl sites for hydroxylation is 1. The maximum atomic E-state index is 9.32. The average molecular weight is 408 g/mol. The Balaban J connectivity index is 1.47. The van der Waals surface area contributed by atoms with Crippen molar-refractivity contribution in [1.82, 2.24) is 14.8 Å². The van der Waals surface area contributed by atoms with Crippen LogP contribution in [0.2, 0.25) is 0 Å². The lowest BCUT2D eigenvalue weighted by Crippen LogP contribution is -2.51.